The molecule has 2 rings (SSSR count). The quantitative estimate of drug-likeness (QED) is 0.310. The van der Waals surface area contributed by atoms with Gasteiger partial charge < -0.3 is 21.1 Å². The van der Waals surface area contributed by atoms with E-state index in [0.29, 0.717) is 11.3 Å². The molecule has 35 heavy (non-hydrogen) atoms. The molecule has 1 heterocycles. The van der Waals surface area contributed by atoms with E-state index < -0.39 is 51.2 Å². The van der Waals surface area contributed by atoms with Crippen LogP contribution in [0.25, 0.3) is 0 Å². The molecule has 0 fully saturated rings. The molecule has 3 amide bonds. The normalized spacial score (nSPS) is 16.1. The number of sulfonamides is 1. The fraction of sp³-hybridized carbons (Fsp3) is 0.565. The Balaban J connectivity index is 2.39. The maximum absolute atomic E-state index is 13.3. The molecule has 0 aliphatic carbocycles. The van der Waals surface area contributed by atoms with E-state index in [9.17, 15) is 32.7 Å². The van der Waals surface area contributed by atoms with Crippen molar-refractivity contribution in [1.29, 1.82) is 0 Å². The van der Waals surface area contributed by atoms with Crippen LogP contribution in [-0.2, 0) is 35.6 Å². The summed E-state index contributed by atoms with van der Waals surface area (Å²) in [6.07, 6.45) is 0.0612. The summed E-state index contributed by atoms with van der Waals surface area (Å²) in [5.74, 6) is -4.45. The standard InChI is InChI=1S/C23H34N4O7S/c1-12(2)9-15(20(29)26-19(21(30)24-6)23(3,4)5)18(22(31)32)27-35(33,34)14-7-8-16-13(10-14)11-17(28)25-16/h7-8,10,12,15,18-19,27H,9,11H2,1-6H3,(H,24,30)(H,25,28)(H,26,29)(H,31,32)/t15-,18+,19-/m1/s1. The molecule has 0 unspecified atom stereocenters. The van der Waals surface area contributed by atoms with Crippen LogP contribution < -0.4 is 20.7 Å². The number of likely N-dealkylation sites (N-methyl/N-ethyl adjacent to an activating group) is 1. The van der Waals surface area contributed by atoms with Crippen molar-refractivity contribution < 1.29 is 32.7 Å². The van der Waals surface area contributed by atoms with E-state index in [0.717, 1.165) is 0 Å². The van der Waals surface area contributed by atoms with Crippen LogP contribution in [0.5, 0.6) is 0 Å². The van der Waals surface area contributed by atoms with Gasteiger partial charge >= 0.3 is 5.97 Å². The van der Waals surface area contributed by atoms with E-state index in [1.165, 1.54) is 25.2 Å². The number of aliphatic carboxylic acids is 1. The second-order valence-corrected chi connectivity index (χ2v) is 11.9. The fourth-order valence-corrected chi connectivity index (χ4v) is 5.16. The molecular formula is C23H34N4O7S. The lowest BCUT2D eigenvalue weighted by molar-refractivity contribution is -0.144. The first-order valence-electron chi connectivity index (χ1n) is 11.3. The molecule has 194 valence electrons. The van der Waals surface area contributed by atoms with E-state index >= 15 is 0 Å². The summed E-state index contributed by atoms with van der Waals surface area (Å²) in [7, 11) is -2.94. The lowest BCUT2D eigenvalue weighted by Crippen LogP contribution is -2.58. The van der Waals surface area contributed by atoms with Gasteiger partial charge in [-0.15, -0.1) is 0 Å². The number of amides is 3. The minimum Gasteiger partial charge on any atom is -0.480 e. The van der Waals surface area contributed by atoms with Crippen LogP contribution in [0.15, 0.2) is 23.1 Å². The molecule has 0 aromatic heterocycles. The minimum atomic E-state index is -4.36. The highest BCUT2D eigenvalue weighted by Gasteiger charge is 2.41. The molecule has 0 radical (unpaired) electrons. The second kappa shape index (κ2) is 10.7. The summed E-state index contributed by atoms with van der Waals surface area (Å²) < 4.78 is 28.4. The van der Waals surface area contributed by atoms with E-state index in [-0.39, 0.29) is 29.6 Å². The van der Waals surface area contributed by atoms with Gasteiger partial charge in [-0.25, -0.2) is 8.42 Å². The van der Waals surface area contributed by atoms with Crippen LogP contribution in [0.1, 0.15) is 46.6 Å². The minimum absolute atomic E-state index is 0.00706. The first-order valence-corrected chi connectivity index (χ1v) is 12.7. The molecule has 3 atom stereocenters. The fourth-order valence-electron chi connectivity index (χ4n) is 3.88. The zero-order valence-electron chi connectivity index (χ0n) is 20.8. The number of carboxylic acids is 1. The number of carbonyl (C=O) groups excluding carboxylic acids is 3. The maximum Gasteiger partial charge on any atom is 0.322 e. The first-order chi connectivity index (χ1) is 16.1. The third-order valence-corrected chi connectivity index (χ3v) is 7.12. The summed E-state index contributed by atoms with van der Waals surface area (Å²) in [5, 5.41) is 17.6. The van der Waals surface area contributed by atoms with E-state index in [4.69, 9.17) is 0 Å². The average molecular weight is 511 g/mol. The predicted molar refractivity (Wildman–Crippen MR) is 129 cm³/mol. The maximum atomic E-state index is 13.3. The number of carbonyl (C=O) groups is 4. The molecule has 0 saturated carbocycles. The molecule has 0 bridgehead atoms. The zero-order valence-corrected chi connectivity index (χ0v) is 21.6. The lowest BCUT2D eigenvalue weighted by Gasteiger charge is -2.33. The van der Waals surface area contributed by atoms with Crippen LogP contribution >= 0.6 is 0 Å². The van der Waals surface area contributed by atoms with Crippen LogP contribution in [0.3, 0.4) is 0 Å². The monoisotopic (exact) mass is 510 g/mol. The number of hydrogen-bond acceptors (Lipinski definition) is 6. The third kappa shape index (κ3) is 7.01. The summed E-state index contributed by atoms with van der Waals surface area (Å²) in [5.41, 5.74) is 0.273. The van der Waals surface area contributed by atoms with Crippen molar-refractivity contribution in [2.45, 2.75) is 64.4 Å². The predicted octanol–water partition coefficient (Wildman–Crippen LogP) is 0.852. The molecule has 1 aromatic rings. The molecule has 12 heteroatoms. The number of hydrogen-bond donors (Lipinski definition) is 5. The average Bonchev–Trinajstić information content (AvgIpc) is 3.11. The third-order valence-electron chi connectivity index (χ3n) is 5.69. The van der Waals surface area contributed by atoms with Gasteiger partial charge in [-0.05, 0) is 41.5 Å². The Morgan fingerprint density at radius 3 is 2.29 bits per heavy atom. The summed E-state index contributed by atoms with van der Waals surface area (Å²) in [4.78, 5) is 49.2. The molecular weight excluding hydrogens is 476 g/mol. The van der Waals surface area contributed by atoms with Crippen molar-refractivity contribution in [2.75, 3.05) is 12.4 Å². The molecule has 5 N–H and O–H groups in total. The molecule has 0 spiro atoms. The van der Waals surface area contributed by atoms with Crippen molar-refractivity contribution in [3.05, 3.63) is 23.8 Å². The highest BCUT2D eigenvalue weighted by molar-refractivity contribution is 7.89. The van der Waals surface area contributed by atoms with E-state index in [2.05, 4.69) is 20.7 Å². The van der Waals surface area contributed by atoms with Gasteiger partial charge in [0.15, 0.2) is 0 Å². The van der Waals surface area contributed by atoms with Crippen LogP contribution in [-0.4, -0.2) is 56.3 Å². The lowest BCUT2D eigenvalue weighted by atomic mass is 9.84. The summed E-state index contributed by atoms with van der Waals surface area (Å²) >= 11 is 0. The Bertz CT molecular complexity index is 1110. The highest BCUT2D eigenvalue weighted by atomic mass is 32.2. The Morgan fingerprint density at radius 2 is 1.77 bits per heavy atom. The summed E-state index contributed by atoms with van der Waals surface area (Å²) in [6, 6.07) is 1.22. The highest BCUT2D eigenvalue weighted by Crippen LogP contribution is 2.27. The molecule has 11 nitrogen and oxygen atoms in total. The topological polar surface area (TPSA) is 171 Å². The first kappa shape index (κ1) is 28.2. The van der Waals surface area contributed by atoms with Gasteiger partial charge in [-0.1, -0.05) is 34.6 Å². The second-order valence-electron chi connectivity index (χ2n) is 10.1. The Hall–Kier alpha value is -2.99. The van der Waals surface area contributed by atoms with Crippen LogP contribution in [0.4, 0.5) is 5.69 Å². The van der Waals surface area contributed by atoms with E-state index in [1.807, 2.05) is 0 Å². The number of anilines is 1. The van der Waals surface area contributed by atoms with Crippen LogP contribution in [0, 0.1) is 17.3 Å². The van der Waals surface area contributed by atoms with Gasteiger partial charge in [0.25, 0.3) is 0 Å². The Kier molecular flexibility index (Phi) is 8.66. The van der Waals surface area contributed by atoms with Crippen molar-refractivity contribution in [1.82, 2.24) is 15.4 Å². The SMILES string of the molecule is CNC(=O)[C@@H](NC(=O)[C@H](CC(C)C)[C@H](NS(=O)(=O)c1ccc2c(c1)CC(=O)N2)C(=O)O)C(C)(C)C. The van der Waals surface area contributed by atoms with Crippen LogP contribution in [0.2, 0.25) is 0 Å². The van der Waals surface area contributed by atoms with Crippen molar-refractivity contribution in [2.24, 2.45) is 17.3 Å². The molecule has 1 aliphatic rings. The van der Waals surface area contributed by atoms with Gasteiger partial charge in [0.05, 0.1) is 17.2 Å². The number of carboxylic acid groups (broad SMARTS) is 1. The number of benzene rings is 1. The van der Waals surface area contributed by atoms with Gasteiger partial charge in [0, 0.05) is 12.7 Å². The van der Waals surface area contributed by atoms with Gasteiger partial charge in [0.2, 0.25) is 27.7 Å². The zero-order chi connectivity index (χ0) is 26.7. The molecule has 1 aromatic carbocycles. The molecule has 1 aliphatic heterocycles. The summed E-state index contributed by atoms with van der Waals surface area (Å²) in [6.45, 7) is 8.79. The van der Waals surface area contributed by atoms with Crippen molar-refractivity contribution in [3.63, 3.8) is 0 Å². The smallest absolute Gasteiger partial charge is 0.322 e. The van der Waals surface area contributed by atoms with E-state index in [1.54, 1.807) is 34.6 Å². The molecule has 0 saturated heterocycles. The van der Waals surface area contributed by atoms with Gasteiger partial charge in [0.1, 0.15) is 12.1 Å². The number of rotatable bonds is 10. The van der Waals surface area contributed by atoms with Crippen molar-refractivity contribution >= 4 is 39.4 Å². The number of fused-ring (bicyclic) bond motifs is 1. The van der Waals surface area contributed by atoms with Crippen molar-refractivity contribution in [3.8, 4) is 0 Å². The Labute approximate surface area is 205 Å². The van der Waals surface area contributed by atoms with Gasteiger partial charge in [-0.2, -0.15) is 4.72 Å². The Morgan fingerprint density at radius 1 is 1.14 bits per heavy atom. The largest absolute Gasteiger partial charge is 0.480 e. The number of nitrogens with one attached hydrogen (secondary N) is 4. The van der Waals surface area contributed by atoms with Gasteiger partial charge in [-0.3, -0.25) is 19.2 Å².